The van der Waals surface area contributed by atoms with E-state index in [1.54, 1.807) is 24.2 Å². The summed E-state index contributed by atoms with van der Waals surface area (Å²) in [5.74, 6) is 0.489. The molecule has 0 aromatic carbocycles. The first-order valence-corrected chi connectivity index (χ1v) is 4.84. The molecule has 66 valence electrons. The van der Waals surface area contributed by atoms with Crippen molar-refractivity contribution in [2.45, 2.75) is 30.5 Å². The van der Waals surface area contributed by atoms with Crippen molar-refractivity contribution in [1.82, 2.24) is 9.97 Å². The maximum atomic E-state index is 5.49. The summed E-state index contributed by atoms with van der Waals surface area (Å²) in [4.78, 5) is 8.10. The van der Waals surface area contributed by atoms with Crippen LogP contribution < -0.4 is 5.73 Å². The van der Waals surface area contributed by atoms with E-state index in [1.807, 2.05) is 0 Å². The van der Waals surface area contributed by atoms with Gasteiger partial charge in [-0.1, -0.05) is 13.8 Å². The van der Waals surface area contributed by atoms with Crippen molar-refractivity contribution in [2.24, 2.45) is 0 Å². The van der Waals surface area contributed by atoms with Gasteiger partial charge in [-0.15, -0.1) is 11.8 Å². The topological polar surface area (TPSA) is 51.8 Å². The molecule has 4 heteroatoms. The first-order valence-electron chi connectivity index (χ1n) is 3.96. The Balaban J connectivity index is 2.63. The molecule has 1 aromatic rings. The highest BCUT2D eigenvalue weighted by Gasteiger charge is 2.02. The molecular formula is C8H13N3S. The van der Waals surface area contributed by atoms with Crippen molar-refractivity contribution < 1.29 is 0 Å². The average Bonchev–Trinajstić information content (AvgIpc) is 2.04. The van der Waals surface area contributed by atoms with Crippen molar-refractivity contribution in [2.75, 3.05) is 5.73 Å². The predicted molar refractivity (Wildman–Crippen MR) is 52.1 cm³/mol. The highest BCUT2D eigenvalue weighted by Crippen LogP contribution is 2.22. The first kappa shape index (κ1) is 9.32. The van der Waals surface area contributed by atoms with Gasteiger partial charge in [-0.25, -0.2) is 4.98 Å². The van der Waals surface area contributed by atoms with Gasteiger partial charge in [0.2, 0.25) is 0 Å². The molecule has 0 fully saturated rings. The standard InChI is InChI=1S/C8H13N3S/c1-3-6(2)12-8-5-10-4-7(9)11-8/h4-6H,3H2,1-2H3,(H2,9,11). The lowest BCUT2D eigenvalue weighted by Crippen LogP contribution is -1.97. The zero-order chi connectivity index (χ0) is 8.97. The van der Waals surface area contributed by atoms with Gasteiger partial charge < -0.3 is 5.73 Å². The number of nitrogen functional groups attached to an aromatic ring is 1. The summed E-state index contributed by atoms with van der Waals surface area (Å²) in [7, 11) is 0. The Morgan fingerprint density at radius 2 is 2.33 bits per heavy atom. The minimum atomic E-state index is 0.489. The van der Waals surface area contributed by atoms with E-state index in [4.69, 9.17) is 5.73 Å². The van der Waals surface area contributed by atoms with Crippen LogP contribution in [0.15, 0.2) is 17.4 Å². The highest BCUT2D eigenvalue weighted by molar-refractivity contribution is 7.99. The van der Waals surface area contributed by atoms with Crippen LogP contribution in [-0.2, 0) is 0 Å². The third kappa shape index (κ3) is 2.70. The van der Waals surface area contributed by atoms with E-state index in [1.165, 1.54) is 0 Å². The van der Waals surface area contributed by atoms with Crippen LogP contribution in [0.25, 0.3) is 0 Å². The minimum absolute atomic E-state index is 0.489. The van der Waals surface area contributed by atoms with Gasteiger partial charge in [-0.05, 0) is 6.42 Å². The maximum Gasteiger partial charge on any atom is 0.143 e. The van der Waals surface area contributed by atoms with E-state index in [-0.39, 0.29) is 0 Å². The summed E-state index contributed by atoms with van der Waals surface area (Å²) in [6.07, 6.45) is 4.43. The van der Waals surface area contributed by atoms with Gasteiger partial charge in [0.25, 0.3) is 0 Å². The van der Waals surface area contributed by atoms with Crippen molar-refractivity contribution >= 4 is 17.6 Å². The number of thioether (sulfide) groups is 1. The number of nitrogens with zero attached hydrogens (tertiary/aromatic N) is 2. The van der Waals surface area contributed by atoms with Crippen LogP contribution in [0.3, 0.4) is 0 Å². The third-order valence-electron chi connectivity index (χ3n) is 1.53. The maximum absolute atomic E-state index is 5.49. The van der Waals surface area contributed by atoms with Crippen LogP contribution >= 0.6 is 11.8 Å². The molecule has 0 saturated heterocycles. The number of anilines is 1. The van der Waals surface area contributed by atoms with Crippen LogP contribution in [0.4, 0.5) is 5.82 Å². The smallest absolute Gasteiger partial charge is 0.143 e. The summed E-state index contributed by atoms with van der Waals surface area (Å²) < 4.78 is 0. The lowest BCUT2D eigenvalue weighted by Gasteiger charge is -2.06. The Labute approximate surface area is 76.8 Å². The normalized spacial score (nSPS) is 12.8. The summed E-state index contributed by atoms with van der Waals surface area (Å²) in [5.41, 5.74) is 5.49. The summed E-state index contributed by atoms with van der Waals surface area (Å²) >= 11 is 1.70. The second-order valence-corrected chi connectivity index (χ2v) is 4.08. The number of nitrogens with two attached hydrogens (primary N) is 1. The molecule has 0 aliphatic rings. The van der Waals surface area contributed by atoms with E-state index in [9.17, 15) is 0 Å². The summed E-state index contributed by atoms with van der Waals surface area (Å²) in [5, 5.41) is 1.48. The second kappa shape index (κ2) is 4.30. The fraction of sp³-hybridized carbons (Fsp3) is 0.500. The van der Waals surface area contributed by atoms with Gasteiger partial charge in [0.1, 0.15) is 10.8 Å². The Bertz CT molecular complexity index is 252. The molecule has 0 radical (unpaired) electrons. The van der Waals surface area contributed by atoms with Crippen LogP contribution in [-0.4, -0.2) is 15.2 Å². The molecule has 3 nitrogen and oxygen atoms in total. The van der Waals surface area contributed by atoms with Gasteiger partial charge in [0.05, 0.1) is 12.4 Å². The molecule has 1 heterocycles. The van der Waals surface area contributed by atoms with Crippen molar-refractivity contribution in [1.29, 1.82) is 0 Å². The summed E-state index contributed by atoms with van der Waals surface area (Å²) in [6.45, 7) is 4.31. The molecule has 1 atom stereocenters. The van der Waals surface area contributed by atoms with Crippen LogP contribution in [0.2, 0.25) is 0 Å². The molecule has 0 bridgehead atoms. The number of rotatable bonds is 3. The number of aromatic nitrogens is 2. The van der Waals surface area contributed by atoms with Crippen molar-refractivity contribution in [3.05, 3.63) is 12.4 Å². The van der Waals surface area contributed by atoms with E-state index >= 15 is 0 Å². The monoisotopic (exact) mass is 183 g/mol. The molecular weight excluding hydrogens is 170 g/mol. The van der Waals surface area contributed by atoms with E-state index in [2.05, 4.69) is 23.8 Å². The molecule has 2 N–H and O–H groups in total. The Morgan fingerprint density at radius 3 is 2.92 bits per heavy atom. The lowest BCUT2D eigenvalue weighted by molar-refractivity contribution is 0.899. The van der Waals surface area contributed by atoms with Crippen molar-refractivity contribution in [3.8, 4) is 0 Å². The van der Waals surface area contributed by atoms with E-state index in [0.717, 1.165) is 11.4 Å². The predicted octanol–water partition coefficient (Wildman–Crippen LogP) is 1.95. The molecule has 0 amide bonds. The Kier molecular flexibility index (Phi) is 3.34. The molecule has 12 heavy (non-hydrogen) atoms. The molecule has 1 aromatic heterocycles. The summed E-state index contributed by atoms with van der Waals surface area (Å²) in [6, 6.07) is 0. The van der Waals surface area contributed by atoms with Gasteiger partial charge in [-0.2, -0.15) is 0 Å². The molecule has 1 unspecified atom stereocenters. The third-order valence-corrected chi connectivity index (χ3v) is 2.70. The second-order valence-electron chi connectivity index (χ2n) is 2.62. The zero-order valence-corrected chi connectivity index (χ0v) is 8.14. The molecule has 0 aliphatic carbocycles. The van der Waals surface area contributed by atoms with Crippen LogP contribution in [0.1, 0.15) is 20.3 Å². The largest absolute Gasteiger partial charge is 0.382 e. The van der Waals surface area contributed by atoms with E-state index in [0.29, 0.717) is 11.1 Å². The van der Waals surface area contributed by atoms with Gasteiger partial charge in [0, 0.05) is 5.25 Å². The fourth-order valence-electron chi connectivity index (χ4n) is 0.709. The van der Waals surface area contributed by atoms with Gasteiger partial charge in [0.15, 0.2) is 0 Å². The van der Waals surface area contributed by atoms with Crippen LogP contribution in [0, 0.1) is 0 Å². The first-order chi connectivity index (χ1) is 5.72. The van der Waals surface area contributed by atoms with E-state index < -0.39 is 0 Å². The molecule has 1 rings (SSSR count). The Morgan fingerprint density at radius 1 is 1.58 bits per heavy atom. The van der Waals surface area contributed by atoms with Gasteiger partial charge in [-0.3, -0.25) is 4.98 Å². The molecule has 0 aliphatic heterocycles. The molecule has 0 saturated carbocycles. The highest BCUT2D eigenvalue weighted by atomic mass is 32.2. The number of hydrogen-bond donors (Lipinski definition) is 1. The Hall–Kier alpha value is -0.770. The lowest BCUT2D eigenvalue weighted by atomic mass is 10.4. The average molecular weight is 183 g/mol. The minimum Gasteiger partial charge on any atom is -0.382 e. The van der Waals surface area contributed by atoms with Gasteiger partial charge >= 0.3 is 0 Å². The number of hydrogen-bond acceptors (Lipinski definition) is 4. The SMILES string of the molecule is CCC(C)Sc1cncc(N)n1. The molecule has 0 spiro atoms. The fourth-order valence-corrected chi connectivity index (χ4v) is 1.57. The quantitative estimate of drug-likeness (QED) is 0.728. The van der Waals surface area contributed by atoms with Crippen LogP contribution in [0.5, 0.6) is 0 Å². The zero-order valence-electron chi connectivity index (χ0n) is 7.32. The van der Waals surface area contributed by atoms with Crippen molar-refractivity contribution in [3.63, 3.8) is 0 Å².